The van der Waals surface area contributed by atoms with E-state index in [1.54, 1.807) is 16.8 Å². The van der Waals surface area contributed by atoms with Gasteiger partial charge in [-0.2, -0.15) is 0 Å². The molecule has 5 heteroatoms. The molecular formula is C15H21N3O2. The van der Waals surface area contributed by atoms with Crippen LogP contribution in [0, 0.1) is 5.92 Å². The number of nitrogens with zero attached hydrogens (tertiary/aromatic N) is 2. The van der Waals surface area contributed by atoms with Crippen molar-refractivity contribution in [2.24, 2.45) is 11.7 Å². The summed E-state index contributed by atoms with van der Waals surface area (Å²) in [5.41, 5.74) is 6.84. The van der Waals surface area contributed by atoms with Crippen LogP contribution in [-0.2, 0) is 16.0 Å². The summed E-state index contributed by atoms with van der Waals surface area (Å²) >= 11 is 0. The van der Waals surface area contributed by atoms with Crippen molar-refractivity contribution in [1.82, 2.24) is 9.80 Å². The summed E-state index contributed by atoms with van der Waals surface area (Å²) < 4.78 is 0. The molecule has 2 N–H and O–H groups in total. The maximum absolute atomic E-state index is 12.5. The van der Waals surface area contributed by atoms with E-state index in [0.717, 1.165) is 5.56 Å². The molecule has 0 bridgehead atoms. The smallest absolute Gasteiger partial charge is 0.241 e. The van der Waals surface area contributed by atoms with Crippen LogP contribution in [0.4, 0.5) is 0 Å². The van der Waals surface area contributed by atoms with Gasteiger partial charge < -0.3 is 15.5 Å². The van der Waals surface area contributed by atoms with Crippen LogP contribution in [0.15, 0.2) is 30.3 Å². The van der Waals surface area contributed by atoms with Crippen molar-refractivity contribution in [2.45, 2.75) is 6.42 Å². The van der Waals surface area contributed by atoms with Crippen LogP contribution in [0.25, 0.3) is 0 Å². The van der Waals surface area contributed by atoms with E-state index >= 15 is 0 Å². The summed E-state index contributed by atoms with van der Waals surface area (Å²) in [5, 5.41) is 0. The summed E-state index contributed by atoms with van der Waals surface area (Å²) in [6.07, 6.45) is 0.622. The van der Waals surface area contributed by atoms with Gasteiger partial charge in [-0.1, -0.05) is 30.3 Å². The number of likely N-dealkylation sites (N-methyl/N-ethyl adjacent to an activating group) is 1. The number of piperazine rings is 1. The van der Waals surface area contributed by atoms with Gasteiger partial charge in [0.15, 0.2) is 0 Å². The zero-order valence-corrected chi connectivity index (χ0v) is 11.8. The molecule has 0 saturated carbocycles. The average molecular weight is 275 g/mol. The second kappa shape index (κ2) is 6.52. The highest BCUT2D eigenvalue weighted by atomic mass is 16.2. The predicted octanol–water partition coefficient (Wildman–Crippen LogP) is 0.105. The van der Waals surface area contributed by atoms with E-state index in [0.29, 0.717) is 26.1 Å². The minimum absolute atomic E-state index is 0.0138. The highest BCUT2D eigenvalue weighted by molar-refractivity contribution is 5.87. The van der Waals surface area contributed by atoms with Crippen LogP contribution in [0.1, 0.15) is 5.56 Å². The number of nitrogens with two attached hydrogens (primary N) is 1. The number of hydrogen-bond acceptors (Lipinski definition) is 3. The van der Waals surface area contributed by atoms with E-state index in [1.807, 2.05) is 30.3 Å². The lowest BCUT2D eigenvalue weighted by atomic mass is 9.97. The molecule has 1 atom stereocenters. The Balaban J connectivity index is 2.00. The van der Waals surface area contributed by atoms with Crippen LogP contribution in [-0.4, -0.2) is 54.8 Å². The maximum Gasteiger partial charge on any atom is 0.241 e. The monoisotopic (exact) mass is 275 g/mol. The summed E-state index contributed by atoms with van der Waals surface area (Å²) in [6, 6.07) is 9.83. The molecule has 108 valence electrons. The third-order valence-electron chi connectivity index (χ3n) is 3.73. The summed E-state index contributed by atoms with van der Waals surface area (Å²) in [4.78, 5) is 27.4. The minimum atomic E-state index is -0.256. The number of carbonyl (C=O) groups excluding carboxylic acids is 2. The van der Waals surface area contributed by atoms with Gasteiger partial charge in [0.25, 0.3) is 0 Å². The minimum Gasteiger partial charge on any atom is -0.342 e. The van der Waals surface area contributed by atoms with Crippen molar-refractivity contribution >= 4 is 11.8 Å². The zero-order chi connectivity index (χ0) is 14.5. The Kier molecular flexibility index (Phi) is 4.74. The molecule has 0 radical (unpaired) electrons. The van der Waals surface area contributed by atoms with Gasteiger partial charge in [-0.05, 0) is 12.0 Å². The van der Waals surface area contributed by atoms with Crippen molar-refractivity contribution < 1.29 is 9.59 Å². The largest absolute Gasteiger partial charge is 0.342 e. The average Bonchev–Trinajstić information content (AvgIpc) is 2.48. The van der Waals surface area contributed by atoms with Gasteiger partial charge in [0.1, 0.15) is 0 Å². The first kappa shape index (κ1) is 14.5. The lowest BCUT2D eigenvalue weighted by molar-refractivity contribution is -0.146. The second-order valence-corrected chi connectivity index (χ2v) is 5.20. The highest BCUT2D eigenvalue weighted by Crippen LogP contribution is 2.13. The molecule has 1 aliphatic rings. The first-order chi connectivity index (χ1) is 9.61. The van der Waals surface area contributed by atoms with Gasteiger partial charge in [0.05, 0.1) is 12.5 Å². The van der Waals surface area contributed by atoms with Crippen molar-refractivity contribution in [1.29, 1.82) is 0 Å². The van der Waals surface area contributed by atoms with Crippen molar-refractivity contribution in [3.63, 3.8) is 0 Å². The van der Waals surface area contributed by atoms with Crippen molar-refractivity contribution in [3.8, 4) is 0 Å². The molecule has 1 saturated heterocycles. The van der Waals surface area contributed by atoms with E-state index in [2.05, 4.69) is 0 Å². The molecule has 2 amide bonds. The second-order valence-electron chi connectivity index (χ2n) is 5.20. The molecule has 0 aliphatic carbocycles. The molecule has 20 heavy (non-hydrogen) atoms. The first-order valence-corrected chi connectivity index (χ1v) is 6.88. The third-order valence-corrected chi connectivity index (χ3v) is 3.73. The lowest BCUT2D eigenvalue weighted by Gasteiger charge is -2.34. The normalized spacial score (nSPS) is 17.2. The molecule has 1 unspecified atom stereocenters. The third kappa shape index (κ3) is 3.36. The summed E-state index contributed by atoms with van der Waals surface area (Å²) in [6.45, 7) is 1.65. The van der Waals surface area contributed by atoms with Crippen molar-refractivity contribution in [3.05, 3.63) is 35.9 Å². The quantitative estimate of drug-likeness (QED) is 0.848. The Labute approximate surface area is 119 Å². The zero-order valence-electron chi connectivity index (χ0n) is 11.8. The van der Waals surface area contributed by atoms with Gasteiger partial charge >= 0.3 is 0 Å². The van der Waals surface area contributed by atoms with Crippen LogP contribution in [0.3, 0.4) is 0 Å². The Morgan fingerprint density at radius 1 is 1.30 bits per heavy atom. The lowest BCUT2D eigenvalue weighted by Crippen LogP contribution is -2.53. The summed E-state index contributed by atoms with van der Waals surface area (Å²) in [5.74, 6) is -0.286. The number of hydrogen-bond donors (Lipinski definition) is 1. The van der Waals surface area contributed by atoms with E-state index < -0.39 is 0 Å². The molecule has 1 fully saturated rings. The fourth-order valence-electron chi connectivity index (χ4n) is 2.37. The molecule has 1 aliphatic heterocycles. The van der Waals surface area contributed by atoms with E-state index in [9.17, 15) is 9.59 Å². The Bertz CT molecular complexity index is 475. The van der Waals surface area contributed by atoms with Crippen LogP contribution >= 0.6 is 0 Å². The van der Waals surface area contributed by atoms with Gasteiger partial charge in [0.2, 0.25) is 11.8 Å². The van der Waals surface area contributed by atoms with E-state index in [4.69, 9.17) is 5.73 Å². The predicted molar refractivity (Wildman–Crippen MR) is 76.9 cm³/mol. The van der Waals surface area contributed by atoms with Gasteiger partial charge in [-0.15, -0.1) is 0 Å². The topological polar surface area (TPSA) is 66.6 Å². The Morgan fingerprint density at radius 3 is 2.60 bits per heavy atom. The standard InChI is InChI=1S/C15H21N3O2/c1-17-7-8-18(11-14(17)19)15(20)13(10-16)9-12-5-3-2-4-6-12/h2-6,13H,7-11,16H2,1H3. The molecule has 0 spiro atoms. The highest BCUT2D eigenvalue weighted by Gasteiger charge is 2.29. The number of rotatable bonds is 4. The molecule has 1 aromatic carbocycles. The SMILES string of the molecule is CN1CCN(C(=O)C(CN)Cc2ccccc2)CC1=O. The molecule has 5 nitrogen and oxygen atoms in total. The van der Waals surface area contributed by atoms with Crippen LogP contribution in [0.5, 0.6) is 0 Å². The van der Waals surface area contributed by atoms with Gasteiger partial charge in [-0.25, -0.2) is 0 Å². The molecule has 1 aromatic rings. The molecule has 1 heterocycles. The first-order valence-electron chi connectivity index (χ1n) is 6.88. The van der Waals surface area contributed by atoms with E-state index in [-0.39, 0.29) is 24.3 Å². The fraction of sp³-hybridized carbons (Fsp3) is 0.467. The summed E-state index contributed by atoms with van der Waals surface area (Å²) in [7, 11) is 1.76. The molecule has 0 aromatic heterocycles. The Hall–Kier alpha value is -1.88. The maximum atomic E-state index is 12.5. The number of carbonyl (C=O) groups is 2. The van der Waals surface area contributed by atoms with Crippen LogP contribution < -0.4 is 5.73 Å². The number of benzene rings is 1. The van der Waals surface area contributed by atoms with Crippen molar-refractivity contribution in [2.75, 3.05) is 33.2 Å². The van der Waals surface area contributed by atoms with E-state index in [1.165, 1.54) is 0 Å². The van der Waals surface area contributed by atoms with Crippen LogP contribution in [0.2, 0.25) is 0 Å². The van der Waals surface area contributed by atoms with Gasteiger partial charge in [-0.3, -0.25) is 9.59 Å². The fourth-order valence-corrected chi connectivity index (χ4v) is 2.37. The molecule has 2 rings (SSSR count). The Morgan fingerprint density at radius 2 is 2.00 bits per heavy atom. The molecular weight excluding hydrogens is 254 g/mol. The number of amides is 2. The van der Waals surface area contributed by atoms with Gasteiger partial charge in [0, 0.05) is 26.7 Å².